The number of hydrogen-bond acceptors (Lipinski definition) is 4. The van der Waals surface area contributed by atoms with Crippen LogP contribution < -0.4 is 20.1 Å². The first-order chi connectivity index (χ1) is 13.0. The lowest BCUT2D eigenvalue weighted by atomic mass is 10.2. The highest BCUT2D eigenvalue weighted by molar-refractivity contribution is 6.00. The van der Waals surface area contributed by atoms with Crippen molar-refractivity contribution < 1.29 is 27.8 Å². The average molecular weight is 378 g/mol. The molecule has 0 atom stereocenters. The lowest BCUT2D eigenvalue weighted by molar-refractivity contribution is -0.115. The number of ether oxygens (including phenoxy) is 2. The Morgan fingerprint density at radius 3 is 2.63 bits per heavy atom. The fourth-order valence-electron chi connectivity index (χ4n) is 2.18. The van der Waals surface area contributed by atoms with E-state index in [-0.39, 0.29) is 17.9 Å². The summed E-state index contributed by atoms with van der Waals surface area (Å²) in [5.41, 5.74) is 0.602. The normalized spacial score (nSPS) is 10.4. The van der Waals surface area contributed by atoms with Gasteiger partial charge in [-0.15, -0.1) is 0 Å². The van der Waals surface area contributed by atoms with Gasteiger partial charge in [-0.2, -0.15) is 8.78 Å². The molecular weight excluding hydrogens is 358 g/mol. The number of hydrogen-bond donors (Lipinski definition) is 2. The van der Waals surface area contributed by atoms with Crippen LogP contribution in [0.3, 0.4) is 0 Å². The summed E-state index contributed by atoms with van der Waals surface area (Å²) in [7, 11) is 0. The number of nitrogens with one attached hydrogen (secondary N) is 2. The van der Waals surface area contributed by atoms with Gasteiger partial charge in [0.25, 0.3) is 5.91 Å². The van der Waals surface area contributed by atoms with Gasteiger partial charge >= 0.3 is 6.61 Å². The van der Waals surface area contributed by atoms with E-state index in [9.17, 15) is 18.4 Å². The van der Waals surface area contributed by atoms with Gasteiger partial charge in [-0.05, 0) is 36.8 Å². The smallest absolute Gasteiger partial charge is 0.387 e. The third-order valence-corrected chi connectivity index (χ3v) is 3.35. The zero-order valence-corrected chi connectivity index (χ0v) is 14.7. The SMILES string of the molecule is CCCOc1ccccc1NC(=O)CNC(=O)c1cccc(OC(F)F)c1. The molecule has 0 fully saturated rings. The Labute approximate surface area is 155 Å². The van der Waals surface area contributed by atoms with E-state index in [0.29, 0.717) is 18.0 Å². The molecule has 0 bridgehead atoms. The minimum absolute atomic E-state index is 0.104. The Hall–Kier alpha value is -3.16. The van der Waals surface area contributed by atoms with E-state index in [1.54, 1.807) is 24.3 Å². The van der Waals surface area contributed by atoms with Crippen molar-refractivity contribution in [2.75, 3.05) is 18.5 Å². The molecule has 0 aromatic heterocycles. The molecule has 8 heteroatoms. The van der Waals surface area contributed by atoms with E-state index in [4.69, 9.17) is 4.74 Å². The van der Waals surface area contributed by atoms with Crippen molar-refractivity contribution in [3.8, 4) is 11.5 Å². The number of amides is 2. The molecule has 0 aliphatic heterocycles. The Bertz CT molecular complexity index is 784. The summed E-state index contributed by atoms with van der Waals surface area (Å²) < 4.78 is 34.3. The summed E-state index contributed by atoms with van der Waals surface area (Å²) in [5, 5.41) is 5.09. The highest BCUT2D eigenvalue weighted by atomic mass is 19.3. The quantitative estimate of drug-likeness (QED) is 0.701. The van der Waals surface area contributed by atoms with Crippen LogP contribution in [0.25, 0.3) is 0 Å². The second kappa shape index (κ2) is 10.1. The number of halogens is 2. The zero-order valence-electron chi connectivity index (χ0n) is 14.7. The van der Waals surface area contributed by atoms with Gasteiger partial charge in [-0.3, -0.25) is 9.59 Å². The highest BCUT2D eigenvalue weighted by Crippen LogP contribution is 2.23. The summed E-state index contributed by atoms with van der Waals surface area (Å²) >= 11 is 0. The van der Waals surface area contributed by atoms with Crippen LogP contribution in [-0.2, 0) is 4.79 Å². The molecule has 6 nitrogen and oxygen atoms in total. The van der Waals surface area contributed by atoms with Crippen LogP contribution >= 0.6 is 0 Å². The number of anilines is 1. The third-order valence-electron chi connectivity index (χ3n) is 3.35. The van der Waals surface area contributed by atoms with Gasteiger partial charge < -0.3 is 20.1 Å². The standard InChI is InChI=1S/C19H20F2N2O4/c1-2-10-26-16-9-4-3-8-15(16)23-17(24)12-22-18(25)13-6-5-7-14(11-13)27-19(20)21/h3-9,11,19H,2,10,12H2,1H3,(H,22,25)(H,23,24). The number of para-hydroxylation sites is 2. The molecule has 0 unspecified atom stereocenters. The van der Waals surface area contributed by atoms with Crippen molar-refractivity contribution in [1.82, 2.24) is 5.32 Å². The monoisotopic (exact) mass is 378 g/mol. The molecule has 0 heterocycles. The lowest BCUT2D eigenvalue weighted by Gasteiger charge is -2.12. The molecule has 2 aromatic rings. The Balaban J connectivity index is 1.91. The van der Waals surface area contributed by atoms with Crippen molar-refractivity contribution in [3.63, 3.8) is 0 Å². The molecule has 0 saturated heterocycles. The summed E-state index contributed by atoms with van der Waals surface area (Å²) in [6, 6.07) is 12.3. The first-order valence-corrected chi connectivity index (χ1v) is 8.34. The number of alkyl halides is 2. The molecule has 0 aliphatic carbocycles. The second-order valence-electron chi connectivity index (χ2n) is 5.48. The number of benzene rings is 2. The topological polar surface area (TPSA) is 76.7 Å². The van der Waals surface area contributed by atoms with Crippen LogP contribution in [0.1, 0.15) is 23.7 Å². The Kier molecular flexibility index (Phi) is 7.54. The number of carbonyl (C=O) groups excluding carboxylic acids is 2. The summed E-state index contributed by atoms with van der Waals surface area (Å²) in [6.45, 7) is -0.788. The largest absolute Gasteiger partial charge is 0.491 e. The Morgan fingerprint density at radius 2 is 1.89 bits per heavy atom. The molecule has 2 aromatic carbocycles. The molecule has 2 rings (SSSR count). The van der Waals surface area contributed by atoms with Crippen LogP contribution in [0.15, 0.2) is 48.5 Å². The van der Waals surface area contributed by atoms with E-state index in [1.807, 2.05) is 6.92 Å². The van der Waals surface area contributed by atoms with Gasteiger partial charge in [0.1, 0.15) is 11.5 Å². The molecule has 2 amide bonds. The molecule has 0 aliphatic rings. The van der Waals surface area contributed by atoms with E-state index in [2.05, 4.69) is 15.4 Å². The maximum Gasteiger partial charge on any atom is 0.387 e. The van der Waals surface area contributed by atoms with Crippen molar-refractivity contribution >= 4 is 17.5 Å². The van der Waals surface area contributed by atoms with Gasteiger partial charge in [0.05, 0.1) is 18.8 Å². The third kappa shape index (κ3) is 6.58. The zero-order chi connectivity index (χ0) is 19.6. The predicted octanol–water partition coefficient (Wildman–Crippen LogP) is 3.45. The number of carbonyl (C=O) groups is 2. The van der Waals surface area contributed by atoms with Crippen LogP contribution in [0, 0.1) is 0 Å². The van der Waals surface area contributed by atoms with Gasteiger partial charge in [0, 0.05) is 5.56 Å². The summed E-state index contributed by atoms with van der Waals surface area (Å²) in [6.07, 6.45) is 0.826. The molecule has 2 N–H and O–H groups in total. The molecule has 0 radical (unpaired) electrons. The summed E-state index contributed by atoms with van der Waals surface area (Å²) in [4.78, 5) is 24.2. The maximum atomic E-state index is 12.2. The highest BCUT2D eigenvalue weighted by Gasteiger charge is 2.12. The molecule has 144 valence electrons. The fourth-order valence-corrected chi connectivity index (χ4v) is 2.18. The van der Waals surface area contributed by atoms with E-state index in [0.717, 1.165) is 6.42 Å². The van der Waals surface area contributed by atoms with Crippen LogP contribution in [0.5, 0.6) is 11.5 Å². The second-order valence-corrected chi connectivity index (χ2v) is 5.48. The minimum atomic E-state index is -2.98. The van der Waals surface area contributed by atoms with Gasteiger partial charge in [0.2, 0.25) is 5.91 Å². The lowest BCUT2D eigenvalue weighted by Crippen LogP contribution is -2.33. The van der Waals surface area contributed by atoms with Gasteiger partial charge in [-0.1, -0.05) is 25.1 Å². The first kappa shape index (κ1) is 20.2. The fraction of sp³-hybridized carbons (Fsp3) is 0.263. The average Bonchev–Trinajstić information content (AvgIpc) is 2.65. The van der Waals surface area contributed by atoms with Gasteiger partial charge in [-0.25, -0.2) is 0 Å². The van der Waals surface area contributed by atoms with Crippen LogP contribution in [0.4, 0.5) is 14.5 Å². The van der Waals surface area contributed by atoms with E-state index in [1.165, 1.54) is 24.3 Å². The summed E-state index contributed by atoms with van der Waals surface area (Å²) in [5.74, 6) is -0.628. The molecule has 0 spiro atoms. The molecular formula is C19H20F2N2O4. The van der Waals surface area contributed by atoms with Gasteiger partial charge in [0.15, 0.2) is 0 Å². The Morgan fingerprint density at radius 1 is 1.11 bits per heavy atom. The van der Waals surface area contributed by atoms with Crippen molar-refractivity contribution in [2.45, 2.75) is 20.0 Å². The minimum Gasteiger partial charge on any atom is -0.491 e. The molecule has 27 heavy (non-hydrogen) atoms. The first-order valence-electron chi connectivity index (χ1n) is 8.34. The molecule has 0 saturated carbocycles. The van der Waals surface area contributed by atoms with Crippen molar-refractivity contribution in [3.05, 3.63) is 54.1 Å². The number of rotatable bonds is 9. The van der Waals surface area contributed by atoms with E-state index >= 15 is 0 Å². The van der Waals surface area contributed by atoms with Crippen LogP contribution in [-0.4, -0.2) is 31.6 Å². The van der Waals surface area contributed by atoms with Crippen molar-refractivity contribution in [1.29, 1.82) is 0 Å². The maximum absolute atomic E-state index is 12.2. The predicted molar refractivity (Wildman–Crippen MR) is 96.3 cm³/mol. The van der Waals surface area contributed by atoms with Crippen LogP contribution in [0.2, 0.25) is 0 Å². The van der Waals surface area contributed by atoms with E-state index < -0.39 is 18.4 Å². The van der Waals surface area contributed by atoms with Crippen molar-refractivity contribution in [2.24, 2.45) is 0 Å².